The molecule has 1 fully saturated rings. The molecule has 5 nitrogen and oxygen atoms in total. The highest BCUT2D eigenvalue weighted by atomic mass is 16.3. The molecule has 2 heterocycles. The summed E-state index contributed by atoms with van der Waals surface area (Å²) in [6.07, 6.45) is 2.88. The zero-order valence-corrected chi connectivity index (χ0v) is 11.6. The van der Waals surface area contributed by atoms with Gasteiger partial charge in [-0.1, -0.05) is 13.3 Å². The number of hydrogen-bond acceptors (Lipinski definition) is 4. The molecule has 106 valence electrons. The van der Waals surface area contributed by atoms with Crippen molar-refractivity contribution in [3.8, 4) is 0 Å². The first-order valence-electron chi connectivity index (χ1n) is 7.08. The van der Waals surface area contributed by atoms with E-state index in [1.165, 1.54) is 0 Å². The van der Waals surface area contributed by atoms with E-state index < -0.39 is 0 Å². The number of rotatable bonds is 4. The van der Waals surface area contributed by atoms with Gasteiger partial charge in [0.25, 0.3) is 0 Å². The first kappa shape index (κ1) is 13.0. The van der Waals surface area contributed by atoms with Crippen LogP contribution >= 0.6 is 0 Å². The quantitative estimate of drug-likeness (QED) is 0.869. The third-order valence-corrected chi connectivity index (χ3v) is 3.77. The van der Waals surface area contributed by atoms with E-state index in [1.54, 1.807) is 12.1 Å². The number of hydrogen-bond donors (Lipinski definition) is 1. The van der Waals surface area contributed by atoms with Crippen molar-refractivity contribution in [3.63, 3.8) is 0 Å². The lowest BCUT2D eigenvalue weighted by molar-refractivity contribution is -0.128. The lowest BCUT2D eigenvalue weighted by Crippen LogP contribution is -2.24. The summed E-state index contributed by atoms with van der Waals surface area (Å²) in [4.78, 5) is 18.2. The van der Waals surface area contributed by atoms with E-state index in [-0.39, 0.29) is 5.91 Å². The average molecular weight is 273 g/mol. The normalized spacial score (nSPS) is 19.1. The third kappa shape index (κ3) is 2.48. The molecule has 1 aliphatic heterocycles. The largest absolute Gasteiger partial charge is 0.439 e. The smallest absolute Gasteiger partial charge is 0.223 e. The predicted molar refractivity (Wildman–Crippen MR) is 76.9 cm³/mol. The van der Waals surface area contributed by atoms with Crippen LogP contribution in [-0.2, 0) is 11.3 Å². The van der Waals surface area contributed by atoms with Crippen molar-refractivity contribution in [2.75, 3.05) is 12.3 Å². The van der Waals surface area contributed by atoms with Gasteiger partial charge in [-0.3, -0.25) is 4.79 Å². The Morgan fingerprint density at radius 2 is 2.35 bits per heavy atom. The Hall–Kier alpha value is -2.04. The van der Waals surface area contributed by atoms with Crippen molar-refractivity contribution in [3.05, 3.63) is 24.1 Å². The summed E-state index contributed by atoms with van der Waals surface area (Å²) in [7, 11) is 0. The van der Waals surface area contributed by atoms with E-state index in [0.717, 1.165) is 24.9 Å². The fourth-order valence-corrected chi connectivity index (χ4v) is 2.83. The van der Waals surface area contributed by atoms with Crippen LogP contribution in [0.25, 0.3) is 11.1 Å². The Labute approximate surface area is 117 Å². The minimum Gasteiger partial charge on any atom is -0.439 e. The van der Waals surface area contributed by atoms with Gasteiger partial charge in [-0.05, 0) is 30.5 Å². The number of aromatic nitrogens is 1. The lowest BCUT2D eigenvalue weighted by atomic mass is 10.0. The van der Waals surface area contributed by atoms with Crippen LogP contribution in [0.3, 0.4) is 0 Å². The maximum Gasteiger partial charge on any atom is 0.223 e. The number of nitrogens with two attached hydrogens (primary N) is 1. The van der Waals surface area contributed by atoms with Gasteiger partial charge in [0.15, 0.2) is 5.58 Å². The molecule has 2 N–H and O–H groups in total. The molecule has 3 rings (SSSR count). The van der Waals surface area contributed by atoms with Crippen molar-refractivity contribution in [1.82, 2.24) is 9.88 Å². The second-order valence-corrected chi connectivity index (χ2v) is 5.47. The first-order chi connectivity index (χ1) is 9.65. The number of nitrogen functional groups attached to an aromatic ring is 1. The molecule has 1 aromatic carbocycles. The van der Waals surface area contributed by atoms with E-state index in [1.807, 2.05) is 11.0 Å². The van der Waals surface area contributed by atoms with Crippen LogP contribution in [0.15, 0.2) is 22.6 Å². The molecular formula is C15H19N3O2. The number of fused-ring (bicyclic) bond motifs is 1. The summed E-state index contributed by atoms with van der Waals surface area (Å²) in [6.45, 7) is 3.42. The minimum atomic E-state index is 0.199. The summed E-state index contributed by atoms with van der Waals surface area (Å²) in [5.74, 6) is 1.26. The molecule has 1 aromatic heterocycles. The number of likely N-dealkylation sites (tertiary alicyclic amines) is 1. The SMILES string of the molecule is CCCC1CC(=O)N(Cc2nc3cc(N)ccc3o2)C1. The van der Waals surface area contributed by atoms with Crippen LogP contribution in [0.2, 0.25) is 0 Å². The van der Waals surface area contributed by atoms with Gasteiger partial charge in [0, 0.05) is 18.7 Å². The maximum atomic E-state index is 12.0. The average Bonchev–Trinajstić information content (AvgIpc) is 2.94. The predicted octanol–water partition coefficient (Wildman–Crippen LogP) is 2.56. The van der Waals surface area contributed by atoms with Crippen molar-refractivity contribution in [2.24, 2.45) is 5.92 Å². The van der Waals surface area contributed by atoms with E-state index in [2.05, 4.69) is 11.9 Å². The van der Waals surface area contributed by atoms with E-state index in [4.69, 9.17) is 10.2 Å². The third-order valence-electron chi connectivity index (χ3n) is 3.77. The summed E-state index contributed by atoms with van der Waals surface area (Å²) in [5, 5.41) is 0. The number of carbonyl (C=O) groups is 1. The van der Waals surface area contributed by atoms with E-state index in [0.29, 0.717) is 36.0 Å². The van der Waals surface area contributed by atoms with Gasteiger partial charge in [0.1, 0.15) is 5.52 Å². The Kier molecular flexibility index (Phi) is 3.34. The Bertz CT molecular complexity index is 635. The number of carbonyl (C=O) groups excluding carboxylic acids is 1. The molecular weight excluding hydrogens is 254 g/mol. The zero-order chi connectivity index (χ0) is 14.1. The molecule has 1 aliphatic rings. The number of amides is 1. The molecule has 0 spiro atoms. The lowest BCUT2D eigenvalue weighted by Gasteiger charge is -2.13. The molecule has 1 unspecified atom stereocenters. The fraction of sp³-hybridized carbons (Fsp3) is 0.467. The number of oxazole rings is 1. The molecule has 1 saturated heterocycles. The molecule has 0 aliphatic carbocycles. The van der Waals surface area contributed by atoms with Crippen LogP contribution in [0.5, 0.6) is 0 Å². The Morgan fingerprint density at radius 1 is 1.50 bits per heavy atom. The number of benzene rings is 1. The molecule has 0 saturated carbocycles. The van der Waals surface area contributed by atoms with Crippen molar-refractivity contribution in [1.29, 1.82) is 0 Å². The van der Waals surface area contributed by atoms with Crippen LogP contribution in [-0.4, -0.2) is 22.3 Å². The molecule has 0 radical (unpaired) electrons. The monoisotopic (exact) mass is 273 g/mol. The molecule has 20 heavy (non-hydrogen) atoms. The summed E-state index contributed by atoms with van der Waals surface area (Å²) >= 11 is 0. The molecule has 0 bridgehead atoms. The van der Waals surface area contributed by atoms with Crippen LogP contribution in [0, 0.1) is 5.92 Å². The number of nitrogens with zero attached hydrogens (tertiary/aromatic N) is 2. The molecule has 1 atom stereocenters. The Morgan fingerprint density at radius 3 is 3.15 bits per heavy atom. The topological polar surface area (TPSA) is 72.4 Å². The van der Waals surface area contributed by atoms with Gasteiger partial charge in [0.05, 0.1) is 6.54 Å². The van der Waals surface area contributed by atoms with Crippen LogP contribution in [0.1, 0.15) is 32.1 Å². The van der Waals surface area contributed by atoms with Gasteiger partial charge in [-0.15, -0.1) is 0 Å². The first-order valence-corrected chi connectivity index (χ1v) is 7.08. The van der Waals surface area contributed by atoms with Crippen molar-refractivity contribution < 1.29 is 9.21 Å². The molecule has 2 aromatic rings. The zero-order valence-electron chi connectivity index (χ0n) is 11.6. The fourth-order valence-electron chi connectivity index (χ4n) is 2.83. The second-order valence-electron chi connectivity index (χ2n) is 5.47. The molecule has 5 heteroatoms. The summed E-state index contributed by atoms with van der Waals surface area (Å²) in [5.41, 5.74) is 7.85. The van der Waals surface area contributed by atoms with Gasteiger partial charge in [0.2, 0.25) is 11.8 Å². The van der Waals surface area contributed by atoms with Crippen LogP contribution in [0.4, 0.5) is 5.69 Å². The number of anilines is 1. The Balaban J connectivity index is 1.74. The summed E-state index contributed by atoms with van der Waals surface area (Å²) in [6, 6.07) is 5.39. The van der Waals surface area contributed by atoms with Gasteiger partial charge in [-0.25, -0.2) is 4.98 Å². The van der Waals surface area contributed by atoms with Gasteiger partial charge >= 0.3 is 0 Å². The highest BCUT2D eigenvalue weighted by Crippen LogP contribution is 2.25. The van der Waals surface area contributed by atoms with Crippen molar-refractivity contribution in [2.45, 2.75) is 32.7 Å². The van der Waals surface area contributed by atoms with Crippen molar-refractivity contribution >= 4 is 22.7 Å². The second kappa shape index (κ2) is 5.15. The van der Waals surface area contributed by atoms with Gasteiger partial charge in [-0.2, -0.15) is 0 Å². The minimum absolute atomic E-state index is 0.199. The van der Waals surface area contributed by atoms with Crippen LogP contribution < -0.4 is 5.73 Å². The van der Waals surface area contributed by atoms with E-state index in [9.17, 15) is 4.79 Å². The maximum absolute atomic E-state index is 12.0. The van der Waals surface area contributed by atoms with E-state index >= 15 is 0 Å². The standard InChI is InChI=1S/C15H19N3O2/c1-2-3-10-6-15(19)18(8-10)9-14-17-12-7-11(16)4-5-13(12)20-14/h4-5,7,10H,2-3,6,8-9,16H2,1H3. The molecule has 1 amide bonds. The van der Waals surface area contributed by atoms with Gasteiger partial charge < -0.3 is 15.1 Å². The highest BCUT2D eigenvalue weighted by Gasteiger charge is 2.29. The highest BCUT2D eigenvalue weighted by molar-refractivity contribution is 5.79. The summed E-state index contributed by atoms with van der Waals surface area (Å²) < 4.78 is 5.67.